The van der Waals surface area contributed by atoms with E-state index >= 15 is 0 Å². The molecule has 0 heterocycles. The Morgan fingerprint density at radius 1 is 1.40 bits per heavy atom. The molecule has 0 saturated heterocycles. The first-order valence-electron chi connectivity index (χ1n) is 0.450. The second-order valence-electron chi connectivity index (χ2n) is 0. The maximum atomic E-state index is 9.25. The molecule has 0 unspecified atom stereocenters. The van der Waals surface area contributed by atoms with Crippen molar-refractivity contribution in [2.75, 3.05) is 0 Å². The molecule has 0 aromatic heterocycles. The zero-order valence-electron chi connectivity index (χ0n) is 2.24. The zero-order chi connectivity index (χ0) is 4.00. The third-order valence-corrected chi connectivity index (χ3v) is 0. The van der Waals surface area contributed by atoms with Gasteiger partial charge < -0.3 is 4.39 Å². The molecule has 0 aromatic carbocycles. The molecule has 0 radical (unpaired) electrons. The van der Waals surface area contributed by atoms with Crippen molar-refractivity contribution in [3.63, 3.8) is 0 Å². The van der Waals surface area contributed by atoms with Crippen LogP contribution in [0.15, 0.2) is 0 Å². The van der Waals surface area contributed by atoms with Crippen LogP contribution in [0.3, 0.4) is 0 Å². The summed E-state index contributed by atoms with van der Waals surface area (Å²) in [7, 11) is 1.75. The summed E-state index contributed by atoms with van der Waals surface area (Å²) in [6.45, 7) is 0. The minimum absolute atomic E-state index is 0. The quantitative estimate of drug-likeness (QED) is 0.421. The van der Waals surface area contributed by atoms with Crippen LogP contribution in [0.1, 0.15) is 0 Å². The Morgan fingerprint density at radius 2 is 1.40 bits per heavy atom. The van der Waals surface area contributed by atoms with Gasteiger partial charge in [-0.3, -0.25) is 0 Å². The van der Waals surface area contributed by atoms with Crippen LogP contribution < -0.4 is 0 Å². The van der Waals surface area contributed by atoms with Crippen molar-refractivity contribution in [1.29, 1.82) is 0 Å². The summed E-state index contributed by atoms with van der Waals surface area (Å²) >= 11 is 1.06. The summed E-state index contributed by atoms with van der Waals surface area (Å²) in [6.07, 6.45) is 0. The van der Waals surface area contributed by atoms with Crippen LogP contribution in [0.2, 0.25) is 0 Å². The Morgan fingerprint density at radius 3 is 1.40 bits per heavy atom. The fourth-order valence-electron chi connectivity index (χ4n) is 0. The van der Waals surface area contributed by atoms with E-state index in [0.717, 1.165) is 17.4 Å². The second-order valence-corrected chi connectivity index (χ2v) is 0. The Hall–Kier alpha value is 1.05. The van der Waals surface area contributed by atoms with Gasteiger partial charge in [0.15, 0.2) is 0 Å². The normalized spacial score (nSPS) is 1.80. The first-order chi connectivity index (χ1) is 2.00. The van der Waals surface area contributed by atoms with Crippen molar-refractivity contribution in [3.05, 3.63) is 7.18 Å². The topological polar surface area (TPSA) is 17.1 Å². The average molecular weight is 208 g/mol. The van der Waals surface area contributed by atoms with Gasteiger partial charge in [-0.05, 0) is 0 Å². The van der Waals surface area contributed by atoms with Gasteiger partial charge in [0.05, 0.1) is 0 Å². The van der Waals surface area contributed by atoms with Crippen molar-refractivity contribution < 1.29 is 47.8 Å². The van der Waals surface area contributed by atoms with Crippen molar-refractivity contribution in [1.82, 2.24) is 0 Å². The molecule has 0 rings (SSSR count). The first kappa shape index (κ1) is 16.6. The molecule has 0 aliphatic carbocycles. The monoisotopic (exact) mass is 207 g/mol. The molecular weight excluding hydrogens is 206 g/mol. The van der Waals surface area contributed by atoms with Gasteiger partial charge in [-0.1, -0.05) is 0 Å². The summed E-state index contributed by atoms with van der Waals surface area (Å²) in [5.41, 5.74) is 0. The molecule has 0 N–H and O–H groups in total. The van der Waals surface area contributed by atoms with Crippen LogP contribution >= 0.6 is 0 Å². The molecule has 0 amide bonds. The van der Waals surface area contributed by atoms with Gasteiger partial charge in [0.2, 0.25) is 0 Å². The van der Waals surface area contributed by atoms with E-state index in [2.05, 4.69) is 0 Å². The van der Waals surface area contributed by atoms with Gasteiger partial charge >= 0.3 is 43.4 Å². The van der Waals surface area contributed by atoms with E-state index in [0.29, 0.717) is 0 Å². The van der Waals surface area contributed by atoms with Crippen LogP contribution in [-0.4, -0.2) is 0 Å². The predicted octanol–water partition coefficient (Wildman–Crippen LogP) is 0.624. The number of hydrogen-bond acceptors (Lipinski definition) is 1. The van der Waals surface area contributed by atoms with Gasteiger partial charge in [0.25, 0.3) is 0 Å². The third kappa shape index (κ3) is 42.4. The Kier molecular flexibility index (Phi) is 248. The maximum absolute atomic E-state index is 9.25. The van der Waals surface area contributed by atoms with Crippen molar-refractivity contribution >= 4 is 0 Å². The molecule has 35 valence electrons. The molecule has 0 fully saturated rings. The van der Waals surface area contributed by atoms with E-state index in [1.807, 2.05) is 0 Å². The molecule has 0 saturated carbocycles. The van der Waals surface area contributed by atoms with Crippen LogP contribution in [-0.2, 0) is 43.4 Å². The Bertz CT molecular complexity index is 11.6. The predicted molar refractivity (Wildman–Crippen MR) is 7.15 cm³/mol. The van der Waals surface area contributed by atoms with Gasteiger partial charge in [-0.2, -0.15) is 7.18 Å². The standard InChI is InChI=1S/CH2F.Ag.O.V/c1-2;;;/h1H2;;;/q-1;+1;;. The Labute approximate surface area is 55.0 Å². The van der Waals surface area contributed by atoms with Crippen molar-refractivity contribution in [2.45, 2.75) is 0 Å². The fourth-order valence-corrected chi connectivity index (χ4v) is 0. The van der Waals surface area contributed by atoms with E-state index in [1.54, 1.807) is 7.18 Å². The van der Waals surface area contributed by atoms with Gasteiger partial charge in [-0.15, -0.1) is 0 Å². The van der Waals surface area contributed by atoms with Crippen LogP contribution in [0.5, 0.6) is 0 Å². The molecule has 0 aliphatic rings. The second kappa shape index (κ2) is 74.7. The fraction of sp³-hybridized carbons (Fsp3) is 0. The molecule has 4 heteroatoms. The van der Waals surface area contributed by atoms with E-state index in [9.17, 15) is 4.39 Å². The molecule has 0 bridgehead atoms. The summed E-state index contributed by atoms with van der Waals surface area (Å²) < 4.78 is 17.4. The number of rotatable bonds is 0. The number of hydrogen-bond donors (Lipinski definition) is 0. The molecule has 5 heavy (non-hydrogen) atoms. The minimum atomic E-state index is 0. The summed E-state index contributed by atoms with van der Waals surface area (Å²) in [5, 5.41) is 0. The van der Waals surface area contributed by atoms with Gasteiger partial charge in [-0.25, -0.2) is 0 Å². The molecule has 1 nitrogen and oxygen atoms in total. The van der Waals surface area contributed by atoms with Gasteiger partial charge in [0, 0.05) is 0 Å². The van der Waals surface area contributed by atoms with Gasteiger partial charge in [0.1, 0.15) is 0 Å². The van der Waals surface area contributed by atoms with E-state index in [1.165, 1.54) is 0 Å². The first-order valence-corrected chi connectivity index (χ1v) is 1.02. The molecule has 0 atom stereocenters. The molecule has 0 aliphatic heterocycles. The van der Waals surface area contributed by atoms with E-state index in [4.69, 9.17) is 3.67 Å². The van der Waals surface area contributed by atoms with Crippen molar-refractivity contribution in [3.8, 4) is 0 Å². The van der Waals surface area contributed by atoms with E-state index in [-0.39, 0.29) is 22.4 Å². The number of halogens is 1. The summed E-state index contributed by atoms with van der Waals surface area (Å²) in [5.74, 6) is 0. The Balaban J connectivity index is -0.0000000133. The van der Waals surface area contributed by atoms with Crippen LogP contribution in [0.25, 0.3) is 0 Å². The average Bonchev–Trinajstić information content (AvgIpc) is 1.50. The SMILES string of the molecule is [Ag+].[CH2-]F.[O]=[V]. The molecular formula is CH2AgFOV. The van der Waals surface area contributed by atoms with Crippen LogP contribution in [0, 0.1) is 7.18 Å². The summed E-state index contributed by atoms with van der Waals surface area (Å²) in [4.78, 5) is 0. The molecule has 0 aromatic rings. The summed E-state index contributed by atoms with van der Waals surface area (Å²) in [6, 6.07) is 0. The zero-order valence-corrected chi connectivity index (χ0v) is 5.12. The third-order valence-electron chi connectivity index (χ3n) is 0. The molecule has 0 spiro atoms. The van der Waals surface area contributed by atoms with E-state index < -0.39 is 0 Å². The van der Waals surface area contributed by atoms with Crippen molar-refractivity contribution in [2.24, 2.45) is 0 Å². The van der Waals surface area contributed by atoms with Crippen LogP contribution in [0.4, 0.5) is 4.39 Å².